The third kappa shape index (κ3) is 19.1. The number of benzene rings is 2. The molecule has 0 aliphatic heterocycles. The molecule has 1 aliphatic rings. The van der Waals surface area contributed by atoms with Crippen molar-refractivity contribution in [3.63, 3.8) is 0 Å². The Balaban J connectivity index is 0. The molecule has 33 heavy (non-hydrogen) atoms. The Bertz CT molecular complexity index is 761. The van der Waals surface area contributed by atoms with E-state index in [0.29, 0.717) is 0 Å². The lowest BCUT2D eigenvalue weighted by Gasteiger charge is -2.19. The molecule has 2 aromatic rings. The fourth-order valence-corrected chi connectivity index (χ4v) is 2.95. The molecule has 1 aliphatic carbocycles. The Morgan fingerprint density at radius 1 is 0.727 bits per heavy atom. The first kappa shape index (κ1) is 33.0. The summed E-state index contributed by atoms with van der Waals surface area (Å²) >= 11 is 0. The minimum atomic E-state index is -0.480. The number of alkyl halides is 1. The van der Waals surface area contributed by atoms with Crippen LogP contribution in [0.15, 0.2) is 61.2 Å². The Morgan fingerprint density at radius 2 is 1.15 bits per heavy atom. The largest absolute Gasteiger partial charge is 0.247 e. The van der Waals surface area contributed by atoms with Crippen molar-refractivity contribution < 1.29 is 4.39 Å². The molecule has 186 valence electrons. The number of halogens is 1. The van der Waals surface area contributed by atoms with Gasteiger partial charge in [0.15, 0.2) is 0 Å². The summed E-state index contributed by atoms with van der Waals surface area (Å²) in [6, 6.07) is 14.9. The molecule has 0 unspecified atom stereocenters. The van der Waals surface area contributed by atoms with E-state index in [1.807, 2.05) is 34.6 Å². The molecule has 2 aromatic carbocycles. The van der Waals surface area contributed by atoms with Gasteiger partial charge in [-0.2, -0.15) is 0 Å². The van der Waals surface area contributed by atoms with E-state index in [4.69, 9.17) is 0 Å². The molecule has 0 radical (unpaired) electrons. The van der Waals surface area contributed by atoms with Gasteiger partial charge in [-0.3, -0.25) is 0 Å². The lowest BCUT2D eigenvalue weighted by molar-refractivity contribution is 0.215. The Morgan fingerprint density at radius 3 is 1.48 bits per heavy atom. The molecule has 3 rings (SSSR count). The van der Waals surface area contributed by atoms with Crippen molar-refractivity contribution in [2.45, 2.75) is 101 Å². The van der Waals surface area contributed by atoms with Crippen LogP contribution in [0.5, 0.6) is 0 Å². The predicted molar refractivity (Wildman–Crippen MR) is 151 cm³/mol. The van der Waals surface area contributed by atoms with E-state index in [1.54, 1.807) is 0 Å². The maximum Gasteiger partial charge on any atom is 0.100 e. The highest BCUT2D eigenvalue weighted by Crippen LogP contribution is 2.25. The third-order valence-electron chi connectivity index (χ3n) is 5.15. The normalized spacial score (nSPS) is 16.1. The van der Waals surface area contributed by atoms with Crippen molar-refractivity contribution in [3.05, 3.63) is 89.0 Å². The van der Waals surface area contributed by atoms with E-state index < -0.39 is 6.17 Å². The molecule has 0 aromatic heterocycles. The Labute approximate surface area is 206 Å². The van der Waals surface area contributed by atoms with E-state index >= 15 is 0 Å². The first-order chi connectivity index (χ1) is 15.4. The third-order valence-corrected chi connectivity index (χ3v) is 5.15. The van der Waals surface area contributed by atoms with E-state index in [9.17, 15) is 4.39 Å². The van der Waals surface area contributed by atoms with Crippen molar-refractivity contribution in [1.29, 1.82) is 0 Å². The molecule has 1 heteroatoms. The molecule has 0 N–H and O–H groups in total. The highest BCUT2D eigenvalue weighted by molar-refractivity contribution is 5.61. The molecule has 0 amide bonds. The predicted octanol–water partition coefficient (Wildman–Crippen LogP) is 10.8. The van der Waals surface area contributed by atoms with Crippen LogP contribution < -0.4 is 0 Å². The van der Waals surface area contributed by atoms with Crippen molar-refractivity contribution in [3.8, 4) is 0 Å². The highest BCUT2D eigenvalue weighted by Gasteiger charge is 2.16. The van der Waals surface area contributed by atoms with Crippen molar-refractivity contribution in [2.24, 2.45) is 5.92 Å². The van der Waals surface area contributed by atoms with Crippen LogP contribution >= 0.6 is 0 Å². The van der Waals surface area contributed by atoms with Gasteiger partial charge in [0.2, 0.25) is 0 Å². The summed E-state index contributed by atoms with van der Waals surface area (Å²) in [5.41, 5.74) is 8.92. The summed E-state index contributed by atoms with van der Waals surface area (Å²) < 4.78 is 12.4. The summed E-state index contributed by atoms with van der Waals surface area (Å²) in [6.07, 6.45) is 3.33. The van der Waals surface area contributed by atoms with Crippen molar-refractivity contribution in [2.75, 3.05) is 0 Å². The first-order valence-corrected chi connectivity index (χ1v) is 12.4. The monoisotopic (exact) mass is 454 g/mol. The molecule has 0 spiro atoms. The maximum atomic E-state index is 12.4. The molecular formula is C32H51F. The second-order valence-electron chi connectivity index (χ2n) is 9.30. The standard InChI is InChI=1S/C10H12.C9H12.C7H13F.C4H8.C2H6/c1-8(2)10-6-4-9(3)5-7-10;1-7-4-5-8(2)9(3)6-7;1-6-2-4-7(8)5-3-6;1-4(2)3;1-2/h4-7H,1H2,2-3H3;4-6H,1-3H3;6-7H,2-5H2,1H3;1H2,2-3H3;1-2H3. The van der Waals surface area contributed by atoms with Gasteiger partial charge < -0.3 is 0 Å². The second-order valence-corrected chi connectivity index (χ2v) is 9.30. The quantitative estimate of drug-likeness (QED) is 0.376. The lowest BCUT2D eigenvalue weighted by atomic mass is 9.90. The minimum Gasteiger partial charge on any atom is -0.247 e. The smallest absolute Gasteiger partial charge is 0.100 e. The molecular weight excluding hydrogens is 403 g/mol. The Hall–Kier alpha value is -2.15. The maximum absolute atomic E-state index is 12.4. The summed E-state index contributed by atoms with van der Waals surface area (Å²) in [5.74, 6) is 0.780. The van der Waals surface area contributed by atoms with Gasteiger partial charge in [0.25, 0.3) is 0 Å². The molecule has 1 fully saturated rings. The van der Waals surface area contributed by atoms with Gasteiger partial charge in [0, 0.05) is 0 Å². The van der Waals surface area contributed by atoms with E-state index in [0.717, 1.165) is 37.2 Å². The van der Waals surface area contributed by atoms with Gasteiger partial charge >= 0.3 is 0 Å². The van der Waals surface area contributed by atoms with Crippen LogP contribution in [-0.4, -0.2) is 6.17 Å². The molecule has 0 nitrogen and oxygen atoms in total. The van der Waals surface area contributed by atoms with Crippen LogP contribution in [0.4, 0.5) is 4.39 Å². The first-order valence-electron chi connectivity index (χ1n) is 12.4. The number of rotatable bonds is 1. The van der Waals surface area contributed by atoms with Gasteiger partial charge in [-0.25, -0.2) is 4.39 Å². The topological polar surface area (TPSA) is 0 Å². The highest BCUT2D eigenvalue weighted by atomic mass is 19.1. The van der Waals surface area contributed by atoms with Gasteiger partial charge in [-0.05, 0) is 96.8 Å². The molecule has 0 bridgehead atoms. The van der Waals surface area contributed by atoms with Gasteiger partial charge in [-0.1, -0.05) is 92.1 Å². The number of allylic oxidation sites excluding steroid dienone is 2. The SMILES string of the molecule is C=C(C)C.C=C(C)c1ccc(C)cc1.CC.CC1CCC(F)CC1.Cc1ccc(C)c(C)c1. The minimum absolute atomic E-state index is 0.480. The van der Waals surface area contributed by atoms with Crippen molar-refractivity contribution in [1.82, 2.24) is 0 Å². The van der Waals surface area contributed by atoms with Crippen LogP contribution in [0.2, 0.25) is 0 Å². The average molecular weight is 455 g/mol. The molecule has 0 saturated heterocycles. The van der Waals surface area contributed by atoms with Gasteiger partial charge in [0.05, 0.1) is 0 Å². The van der Waals surface area contributed by atoms with Crippen LogP contribution in [0.1, 0.15) is 95.0 Å². The van der Waals surface area contributed by atoms with Crippen LogP contribution in [0.3, 0.4) is 0 Å². The fourth-order valence-electron chi connectivity index (χ4n) is 2.95. The second kappa shape index (κ2) is 19.3. The number of hydrogen-bond acceptors (Lipinski definition) is 0. The molecule has 1 saturated carbocycles. The molecule has 0 atom stereocenters. The molecule has 0 heterocycles. The lowest BCUT2D eigenvalue weighted by Crippen LogP contribution is -2.11. The number of aryl methyl sites for hydroxylation is 4. The van der Waals surface area contributed by atoms with E-state index in [2.05, 4.69) is 90.2 Å². The van der Waals surface area contributed by atoms with Crippen LogP contribution in [-0.2, 0) is 0 Å². The zero-order chi connectivity index (χ0) is 26.0. The van der Waals surface area contributed by atoms with E-state index in [-0.39, 0.29) is 0 Å². The summed E-state index contributed by atoms with van der Waals surface area (Å²) in [6.45, 7) is 28.1. The van der Waals surface area contributed by atoms with Gasteiger partial charge in [-0.15, -0.1) is 6.58 Å². The Kier molecular flexibility index (Phi) is 19.3. The summed E-state index contributed by atoms with van der Waals surface area (Å²) in [5, 5.41) is 0. The van der Waals surface area contributed by atoms with Crippen molar-refractivity contribution >= 4 is 5.57 Å². The van der Waals surface area contributed by atoms with E-state index in [1.165, 1.54) is 33.4 Å². The van der Waals surface area contributed by atoms with Crippen LogP contribution in [0.25, 0.3) is 5.57 Å². The fraction of sp³-hybridized carbons (Fsp3) is 0.500. The summed E-state index contributed by atoms with van der Waals surface area (Å²) in [7, 11) is 0. The summed E-state index contributed by atoms with van der Waals surface area (Å²) in [4.78, 5) is 0. The zero-order valence-electron chi connectivity index (χ0n) is 23.3. The average Bonchev–Trinajstić information content (AvgIpc) is 2.75. The number of hydrogen-bond donors (Lipinski definition) is 0. The zero-order valence-corrected chi connectivity index (χ0v) is 23.3. The van der Waals surface area contributed by atoms with Crippen LogP contribution in [0, 0.1) is 33.6 Å². The van der Waals surface area contributed by atoms with Gasteiger partial charge in [0.1, 0.15) is 6.17 Å².